The first-order valence-corrected chi connectivity index (χ1v) is 11.0. The van der Waals surface area contributed by atoms with Crippen LogP contribution in [0.5, 0.6) is 0 Å². The lowest BCUT2D eigenvalue weighted by molar-refractivity contribution is -0.146. The van der Waals surface area contributed by atoms with Crippen molar-refractivity contribution in [3.63, 3.8) is 0 Å². The lowest BCUT2D eigenvalue weighted by atomic mass is 9.93. The molecule has 1 fully saturated rings. The number of halogens is 1. The molecule has 1 aromatic carbocycles. The van der Waals surface area contributed by atoms with Gasteiger partial charge in [0, 0.05) is 11.1 Å². The Kier molecular flexibility index (Phi) is 6.53. The summed E-state index contributed by atoms with van der Waals surface area (Å²) < 4.78 is 20.1. The van der Waals surface area contributed by atoms with Crippen molar-refractivity contribution in [2.75, 3.05) is 0 Å². The SMILES string of the molecule is CC(C)c1ccc([C@@H](NC(=O)[C@@H]2CCC[C@@H]2C(=O)O)c2cccc(-c3cnco3)c2)nc1F. The van der Waals surface area contributed by atoms with Crippen molar-refractivity contribution >= 4 is 11.9 Å². The van der Waals surface area contributed by atoms with Gasteiger partial charge in [0.1, 0.15) is 0 Å². The van der Waals surface area contributed by atoms with Crippen LogP contribution >= 0.6 is 0 Å². The molecule has 0 spiro atoms. The molecule has 33 heavy (non-hydrogen) atoms. The number of pyridine rings is 1. The highest BCUT2D eigenvalue weighted by molar-refractivity contribution is 5.85. The van der Waals surface area contributed by atoms with Gasteiger partial charge < -0.3 is 14.8 Å². The van der Waals surface area contributed by atoms with Crippen LogP contribution in [0, 0.1) is 17.8 Å². The van der Waals surface area contributed by atoms with E-state index in [1.807, 2.05) is 32.0 Å². The third-order valence-electron chi connectivity index (χ3n) is 6.21. The molecular weight excluding hydrogens is 425 g/mol. The van der Waals surface area contributed by atoms with Crippen molar-refractivity contribution in [3.8, 4) is 11.3 Å². The summed E-state index contributed by atoms with van der Waals surface area (Å²) in [6, 6.07) is 9.91. The number of aliphatic carboxylic acids is 1. The number of nitrogens with one attached hydrogen (secondary N) is 1. The Bertz CT molecular complexity index is 1150. The van der Waals surface area contributed by atoms with Crippen molar-refractivity contribution in [2.45, 2.75) is 45.1 Å². The summed E-state index contributed by atoms with van der Waals surface area (Å²) in [6.45, 7) is 3.76. The zero-order valence-corrected chi connectivity index (χ0v) is 18.5. The molecule has 2 aromatic heterocycles. The highest BCUT2D eigenvalue weighted by Gasteiger charge is 2.38. The van der Waals surface area contributed by atoms with E-state index in [1.54, 1.807) is 24.4 Å². The number of oxazole rings is 1. The number of carboxylic acid groups (broad SMARTS) is 1. The molecule has 172 valence electrons. The number of rotatable bonds is 7. The monoisotopic (exact) mass is 451 g/mol. The molecule has 3 aromatic rings. The van der Waals surface area contributed by atoms with Gasteiger partial charge in [0.05, 0.1) is 29.8 Å². The molecule has 1 amide bonds. The largest absolute Gasteiger partial charge is 0.481 e. The zero-order chi connectivity index (χ0) is 23.5. The molecule has 0 unspecified atom stereocenters. The van der Waals surface area contributed by atoms with E-state index in [9.17, 15) is 19.1 Å². The van der Waals surface area contributed by atoms with Crippen LogP contribution in [0.2, 0.25) is 0 Å². The van der Waals surface area contributed by atoms with Crippen molar-refractivity contribution < 1.29 is 23.5 Å². The van der Waals surface area contributed by atoms with Crippen LogP contribution in [-0.4, -0.2) is 27.0 Å². The van der Waals surface area contributed by atoms with E-state index >= 15 is 0 Å². The minimum absolute atomic E-state index is 0.0378. The highest BCUT2D eigenvalue weighted by Crippen LogP contribution is 2.34. The maximum Gasteiger partial charge on any atom is 0.307 e. The predicted molar refractivity (Wildman–Crippen MR) is 119 cm³/mol. The summed E-state index contributed by atoms with van der Waals surface area (Å²) in [5, 5.41) is 12.5. The van der Waals surface area contributed by atoms with Crippen molar-refractivity contribution in [1.82, 2.24) is 15.3 Å². The number of aromatic nitrogens is 2. The Morgan fingerprint density at radius 3 is 2.64 bits per heavy atom. The summed E-state index contributed by atoms with van der Waals surface area (Å²) in [7, 11) is 0. The number of nitrogens with zero attached hydrogens (tertiary/aromatic N) is 2. The van der Waals surface area contributed by atoms with Gasteiger partial charge in [-0.25, -0.2) is 9.97 Å². The summed E-state index contributed by atoms with van der Waals surface area (Å²) >= 11 is 0. The van der Waals surface area contributed by atoms with Crippen LogP contribution in [0.1, 0.15) is 61.9 Å². The van der Waals surface area contributed by atoms with Crippen LogP contribution in [0.15, 0.2) is 53.4 Å². The number of benzene rings is 1. The first-order valence-electron chi connectivity index (χ1n) is 11.0. The Morgan fingerprint density at radius 2 is 1.97 bits per heavy atom. The van der Waals surface area contributed by atoms with Crippen LogP contribution in [0.3, 0.4) is 0 Å². The van der Waals surface area contributed by atoms with E-state index in [0.717, 1.165) is 5.56 Å². The van der Waals surface area contributed by atoms with Gasteiger partial charge in [0.2, 0.25) is 11.9 Å². The fraction of sp³-hybridized carbons (Fsp3) is 0.360. The number of carbonyl (C=O) groups is 2. The van der Waals surface area contributed by atoms with Crippen molar-refractivity contribution in [1.29, 1.82) is 0 Å². The van der Waals surface area contributed by atoms with Gasteiger partial charge in [0.25, 0.3) is 0 Å². The molecule has 2 heterocycles. The van der Waals surface area contributed by atoms with E-state index in [2.05, 4.69) is 15.3 Å². The minimum Gasteiger partial charge on any atom is -0.481 e. The van der Waals surface area contributed by atoms with Crippen LogP contribution in [-0.2, 0) is 9.59 Å². The van der Waals surface area contributed by atoms with Crippen molar-refractivity contribution in [2.24, 2.45) is 11.8 Å². The molecule has 0 bridgehead atoms. The normalized spacial score (nSPS) is 18.9. The van der Waals surface area contributed by atoms with Crippen LogP contribution in [0.4, 0.5) is 4.39 Å². The molecular formula is C25H26FN3O4. The van der Waals surface area contributed by atoms with Gasteiger partial charge >= 0.3 is 5.97 Å². The second-order valence-corrected chi connectivity index (χ2v) is 8.69. The summed E-state index contributed by atoms with van der Waals surface area (Å²) in [5.41, 5.74) is 2.24. The molecule has 1 aliphatic rings. The second kappa shape index (κ2) is 9.52. The fourth-order valence-electron chi connectivity index (χ4n) is 4.43. The van der Waals surface area contributed by atoms with Gasteiger partial charge in [-0.1, -0.05) is 44.5 Å². The summed E-state index contributed by atoms with van der Waals surface area (Å²) in [5.74, 6) is -2.77. The Morgan fingerprint density at radius 1 is 1.18 bits per heavy atom. The second-order valence-electron chi connectivity index (χ2n) is 8.69. The molecule has 0 aliphatic heterocycles. The molecule has 0 saturated heterocycles. The average molecular weight is 451 g/mol. The molecule has 8 heteroatoms. The van der Waals surface area contributed by atoms with E-state index in [4.69, 9.17) is 4.42 Å². The number of carbonyl (C=O) groups excluding carboxylic acids is 1. The van der Waals surface area contributed by atoms with Gasteiger partial charge in [-0.2, -0.15) is 4.39 Å². The maximum atomic E-state index is 14.8. The standard InChI is InChI=1S/C25H26FN3O4/c1-14(2)17-9-10-20(28-23(17)26)22(29-24(30)18-7-4-8-19(18)25(31)32)16-6-3-5-15(11-16)21-12-27-13-33-21/h3,5-6,9-14,18-19,22H,4,7-8H2,1-2H3,(H,29,30)(H,31,32)/t18-,19+,22+/m1/s1. The van der Waals surface area contributed by atoms with E-state index < -0.39 is 29.8 Å². The Hall–Kier alpha value is -3.55. The quantitative estimate of drug-likeness (QED) is 0.504. The molecule has 4 rings (SSSR count). The first-order chi connectivity index (χ1) is 15.8. The van der Waals surface area contributed by atoms with Crippen molar-refractivity contribution in [3.05, 3.63) is 71.8 Å². The summed E-state index contributed by atoms with van der Waals surface area (Å²) in [6.07, 6.45) is 4.56. The van der Waals surface area contributed by atoms with E-state index in [1.165, 1.54) is 6.39 Å². The molecule has 3 atom stereocenters. The zero-order valence-electron chi connectivity index (χ0n) is 18.5. The van der Waals surface area contributed by atoms with Crippen LogP contribution < -0.4 is 5.32 Å². The predicted octanol–water partition coefficient (Wildman–Crippen LogP) is 4.71. The number of amides is 1. The third kappa shape index (κ3) is 4.79. The lowest BCUT2D eigenvalue weighted by Crippen LogP contribution is -2.38. The topological polar surface area (TPSA) is 105 Å². The lowest BCUT2D eigenvalue weighted by Gasteiger charge is -2.23. The molecule has 1 aliphatic carbocycles. The van der Waals surface area contributed by atoms with Gasteiger partial charge in [-0.3, -0.25) is 9.59 Å². The van der Waals surface area contributed by atoms with E-state index in [-0.39, 0.29) is 11.8 Å². The van der Waals surface area contributed by atoms with Gasteiger partial charge in [-0.05, 0) is 36.5 Å². The molecule has 0 radical (unpaired) electrons. The third-order valence-corrected chi connectivity index (χ3v) is 6.21. The number of hydrogen-bond acceptors (Lipinski definition) is 5. The number of hydrogen-bond donors (Lipinski definition) is 2. The highest BCUT2D eigenvalue weighted by atomic mass is 19.1. The molecule has 7 nitrogen and oxygen atoms in total. The van der Waals surface area contributed by atoms with Gasteiger partial charge in [0.15, 0.2) is 12.2 Å². The summed E-state index contributed by atoms with van der Waals surface area (Å²) in [4.78, 5) is 32.9. The van der Waals surface area contributed by atoms with Crippen LogP contribution in [0.25, 0.3) is 11.3 Å². The molecule has 1 saturated carbocycles. The maximum absolute atomic E-state index is 14.8. The van der Waals surface area contributed by atoms with Gasteiger partial charge in [-0.15, -0.1) is 0 Å². The first kappa shape index (κ1) is 22.6. The molecule has 2 N–H and O–H groups in total. The Balaban J connectivity index is 1.71. The minimum atomic E-state index is -0.970. The average Bonchev–Trinajstić information content (AvgIpc) is 3.49. The van der Waals surface area contributed by atoms with E-state index in [0.29, 0.717) is 41.8 Å². The fourth-order valence-corrected chi connectivity index (χ4v) is 4.43. The smallest absolute Gasteiger partial charge is 0.307 e. The Labute approximate surface area is 191 Å². The number of carboxylic acids is 1.